The second kappa shape index (κ2) is 8.42. The highest BCUT2D eigenvalue weighted by atomic mass is 35.5. The lowest BCUT2D eigenvalue weighted by atomic mass is 10.2. The van der Waals surface area contributed by atoms with Crippen molar-refractivity contribution >= 4 is 34.6 Å². The number of halogens is 4. The van der Waals surface area contributed by atoms with Crippen molar-refractivity contribution in [2.75, 3.05) is 11.9 Å². The number of rotatable bonds is 5. The van der Waals surface area contributed by atoms with Crippen LogP contribution in [0.3, 0.4) is 0 Å². The van der Waals surface area contributed by atoms with Crippen LogP contribution in [0.2, 0.25) is 5.15 Å². The summed E-state index contributed by atoms with van der Waals surface area (Å²) >= 11 is 5.94. The van der Waals surface area contributed by atoms with Crippen LogP contribution in [-0.4, -0.2) is 37.1 Å². The maximum Gasteiger partial charge on any atom is 0.433 e. The van der Waals surface area contributed by atoms with Gasteiger partial charge in [-0.25, -0.2) is 24.3 Å². The van der Waals surface area contributed by atoms with E-state index >= 15 is 0 Å². The first-order valence-corrected chi connectivity index (χ1v) is 9.63. The third kappa shape index (κ3) is 4.33. The molecule has 0 amide bonds. The predicted molar refractivity (Wildman–Crippen MR) is 110 cm³/mol. The van der Waals surface area contributed by atoms with E-state index in [1.807, 2.05) is 0 Å². The summed E-state index contributed by atoms with van der Waals surface area (Å²) in [6.45, 7) is 1.83. The van der Waals surface area contributed by atoms with Gasteiger partial charge in [-0.3, -0.25) is 0 Å². The number of hydrogen-bond donors (Lipinski definition) is 1. The summed E-state index contributed by atoms with van der Waals surface area (Å²) in [7, 11) is 0. The number of carbonyl (C=O) groups is 1. The maximum absolute atomic E-state index is 13.1. The molecule has 0 saturated carbocycles. The molecule has 164 valence electrons. The quantitative estimate of drug-likeness (QED) is 0.337. The zero-order valence-electron chi connectivity index (χ0n) is 16.4. The Kier molecular flexibility index (Phi) is 5.66. The topological polar surface area (TPSA) is 94.3 Å². The number of nitrogens with zero attached hydrogens (tertiary/aromatic N) is 5. The van der Waals surface area contributed by atoms with E-state index in [1.165, 1.54) is 41.2 Å². The van der Waals surface area contributed by atoms with Crippen LogP contribution in [0.4, 0.5) is 24.7 Å². The molecule has 0 aliphatic rings. The monoisotopic (exact) mass is 462 g/mol. The number of nitrogens with one attached hydrogen (secondary N) is 1. The maximum atomic E-state index is 13.1. The first kappa shape index (κ1) is 21.5. The molecule has 0 atom stereocenters. The number of fused-ring (bicyclic) bond motifs is 1. The zero-order chi connectivity index (χ0) is 22.9. The van der Waals surface area contributed by atoms with Crippen LogP contribution in [0, 0.1) is 0 Å². The molecule has 0 spiro atoms. The Morgan fingerprint density at radius 1 is 1.22 bits per heavy atom. The molecule has 0 unspecified atom stereocenters. The minimum Gasteiger partial charge on any atom is -0.462 e. The van der Waals surface area contributed by atoms with Gasteiger partial charge in [0.15, 0.2) is 5.82 Å². The number of aromatic nitrogens is 5. The van der Waals surface area contributed by atoms with Gasteiger partial charge in [0.25, 0.3) is 0 Å². The fraction of sp³-hybridized carbons (Fsp3) is 0.150. The molecule has 0 aromatic carbocycles. The van der Waals surface area contributed by atoms with Crippen LogP contribution in [0.5, 0.6) is 0 Å². The molecule has 0 aliphatic carbocycles. The molecule has 0 fully saturated rings. The molecule has 0 saturated heterocycles. The Balaban J connectivity index is 1.89. The third-order valence-electron chi connectivity index (χ3n) is 4.26. The first-order chi connectivity index (χ1) is 15.3. The number of alkyl halides is 3. The van der Waals surface area contributed by atoms with E-state index < -0.39 is 17.8 Å². The molecule has 0 bridgehead atoms. The number of carbonyl (C=O) groups excluding carboxylic acids is 1. The lowest BCUT2D eigenvalue weighted by Crippen LogP contribution is -2.11. The van der Waals surface area contributed by atoms with Crippen molar-refractivity contribution in [3.8, 4) is 11.5 Å². The minimum absolute atomic E-state index is 0.0859. The van der Waals surface area contributed by atoms with Crippen LogP contribution in [0.25, 0.3) is 17.0 Å². The number of esters is 1. The average Bonchev–Trinajstić information content (AvgIpc) is 3.18. The van der Waals surface area contributed by atoms with Crippen LogP contribution in [0.15, 0.2) is 48.8 Å². The number of hydrogen-bond acceptors (Lipinski definition) is 7. The molecule has 12 heteroatoms. The fourth-order valence-corrected chi connectivity index (χ4v) is 3.10. The summed E-state index contributed by atoms with van der Waals surface area (Å²) < 4.78 is 45.7. The Morgan fingerprint density at radius 3 is 2.75 bits per heavy atom. The Hall–Kier alpha value is -3.73. The Bertz CT molecular complexity index is 1310. The van der Waals surface area contributed by atoms with Crippen LogP contribution < -0.4 is 5.32 Å². The number of pyridine rings is 2. The van der Waals surface area contributed by atoms with Crippen LogP contribution in [0.1, 0.15) is 23.0 Å². The van der Waals surface area contributed by atoms with Gasteiger partial charge in [-0.15, -0.1) is 5.10 Å². The zero-order valence-corrected chi connectivity index (χ0v) is 17.1. The van der Waals surface area contributed by atoms with E-state index in [0.717, 1.165) is 6.07 Å². The summed E-state index contributed by atoms with van der Waals surface area (Å²) in [4.78, 5) is 24.3. The van der Waals surface area contributed by atoms with Crippen molar-refractivity contribution < 1.29 is 22.7 Å². The molecule has 4 heterocycles. The lowest BCUT2D eigenvalue weighted by Gasteiger charge is -2.12. The molecule has 0 radical (unpaired) electrons. The lowest BCUT2D eigenvalue weighted by molar-refractivity contribution is -0.141. The smallest absolute Gasteiger partial charge is 0.433 e. The van der Waals surface area contributed by atoms with Gasteiger partial charge in [0.05, 0.1) is 12.2 Å². The summed E-state index contributed by atoms with van der Waals surface area (Å²) in [6.07, 6.45) is -1.69. The van der Waals surface area contributed by atoms with Crippen LogP contribution >= 0.6 is 11.6 Å². The predicted octanol–water partition coefficient (Wildman–Crippen LogP) is 4.78. The van der Waals surface area contributed by atoms with Crippen molar-refractivity contribution in [1.29, 1.82) is 0 Å². The van der Waals surface area contributed by atoms with Gasteiger partial charge < -0.3 is 10.1 Å². The Labute approximate surface area is 184 Å². The van der Waals surface area contributed by atoms with E-state index in [9.17, 15) is 18.0 Å². The van der Waals surface area contributed by atoms with Crippen molar-refractivity contribution in [2.24, 2.45) is 0 Å². The molecule has 0 aliphatic heterocycles. The van der Waals surface area contributed by atoms with Gasteiger partial charge in [0.1, 0.15) is 22.1 Å². The van der Waals surface area contributed by atoms with Gasteiger partial charge in [-0.05, 0) is 37.3 Å². The molecule has 4 rings (SSSR count). The first-order valence-electron chi connectivity index (χ1n) is 9.26. The summed E-state index contributed by atoms with van der Waals surface area (Å²) in [5.74, 6) is -0.541. The third-order valence-corrected chi connectivity index (χ3v) is 4.47. The Morgan fingerprint density at radius 2 is 2.03 bits per heavy atom. The molecule has 32 heavy (non-hydrogen) atoms. The second-order valence-corrected chi connectivity index (χ2v) is 6.81. The molecule has 4 aromatic rings. The minimum atomic E-state index is -4.63. The van der Waals surface area contributed by atoms with Crippen molar-refractivity contribution in [3.63, 3.8) is 0 Å². The summed E-state index contributed by atoms with van der Waals surface area (Å²) in [5, 5.41) is 7.46. The van der Waals surface area contributed by atoms with E-state index in [-0.39, 0.29) is 40.2 Å². The van der Waals surface area contributed by atoms with Crippen molar-refractivity contribution in [1.82, 2.24) is 24.6 Å². The molecular weight excluding hydrogens is 449 g/mol. The van der Waals surface area contributed by atoms with Gasteiger partial charge in [0.2, 0.25) is 5.82 Å². The van der Waals surface area contributed by atoms with Gasteiger partial charge in [-0.1, -0.05) is 17.7 Å². The highest BCUT2D eigenvalue weighted by Gasteiger charge is 2.33. The van der Waals surface area contributed by atoms with Crippen LogP contribution in [-0.2, 0) is 10.9 Å². The van der Waals surface area contributed by atoms with Crippen molar-refractivity contribution in [2.45, 2.75) is 13.1 Å². The van der Waals surface area contributed by atoms with Crippen molar-refractivity contribution in [3.05, 3.63) is 65.2 Å². The van der Waals surface area contributed by atoms with Gasteiger partial charge in [0, 0.05) is 18.1 Å². The number of anilines is 2. The van der Waals surface area contributed by atoms with Gasteiger partial charge >= 0.3 is 12.1 Å². The van der Waals surface area contributed by atoms with E-state index in [0.29, 0.717) is 5.69 Å². The second-order valence-electron chi connectivity index (χ2n) is 6.43. The van der Waals surface area contributed by atoms with E-state index in [2.05, 4.69) is 25.4 Å². The van der Waals surface area contributed by atoms with E-state index in [4.69, 9.17) is 16.3 Å². The standard InChI is InChI=1S/C20H14ClF3N6O2/c1-2-32-19(31)12-7-9-30-16(12)18(26-11-6-8-25-15(21)10-11)28-17(29-30)13-4-3-5-14(27-13)20(22,23)24/h3-10H,2H2,1H3,(H,25,26,28,29). The SMILES string of the molecule is CCOC(=O)c1ccn2nc(-c3cccc(C(F)(F)F)n3)nc(Nc3ccnc(Cl)c3)c12. The summed E-state index contributed by atoms with van der Waals surface area (Å²) in [5.41, 5.74) is -0.229. The highest BCUT2D eigenvalue weighted by Crippen LogP contribution is 2.30. The summed E-state index contributed by atoms with van der Waals surface area (Å²) in [6, 6.07) is 8.05. The largest absolute Gasteiger partial charge is 0.462 e. The molecule has 8 nitrogen and oxygen atoms in total. The number of ether oxygens (including phenoxy) is 1. The molecular formula is C20H14ClF3N6O2. The van der Waals surface area contributed by atoms with Gasteiger partial charge in [-0.2, -0.15) is 13.2 Å². The molecule has 4 aromatic heterocycles. The average molecular weight is 463 g/mol. The highest BCUT2D eigenvalue weighted by molar-refractivity contribution is 6.29. The normalized spacial score (nSPS) is 11.5. The molecule has 1 N–H and O–H groups in total. The fourth-order valence-electron chi connectivity index (χ4n) is 2.93. The van der Waals surface area contributed by atoms with E-state index in [1.54, 1.807) is 13.0 Å².